The second-order valence-electron chi connectivity index (χ2n) is 6.82. The summed E-state index contributed by atoms with van der Waals surface area (Å²) < 4.78 is 5.32. The molecule has 1 atom stereocenters. The Morgan fingerprint density at radius 1 is 1.07 bits per heavy atom. The van der Waals surface area contributed by atoms with Gasteiger partial charge in [0, 0.05) is 44.7 Å². The summed E-state index contributed by atoms with van der Waals surface area (Å²) >= 11 is 5.97. The minimum absolute atomic E-state index is 0.148. The first-order valence-corrected chi connectivity index (χ1v) is 10.3. The molecule has 0 aliphatic heterocycles. The molecule has 0 aliphatic rings. The van der Waals surface area contributed by atoms with Gasteiger partial charge in [0.2, 0.25) is 11.8 Å². The van der Waals surface area contributed by atoms with Crippen LogP contribution in [0.3, 0.4) is 0 Å². The summed E-state index contributed by atoms with van der Waals surface area (Å²) in [4.78, 5) is 27.1. The van der Waals surface area contributed by atoms with E-state index in [2.05, 4.69) is 5.32 Å². The molecule has 5 nitrogen and oxygen atoms in total. The molecule has 0 fully saturated rings. The molecule has 0 bridgehead atoms. The Labute approximate surface area is 178 Å². The number of nitrogens with zero attached hydrogens (tertiary/aromatic N) is 1. The van der Waals surface area contributed by atoms with E-state index < -0.39 is 6.04 Å². The number of nitrogens with one attached hydrogen (secondary N) is 1. The zero-order chi connectivity index (χ0) is 21.1. The third kappa shape index (κ3) is 7.87. The predicted molar refractivity (Wildman–Crippen MR) is 116 cm³/mol. The summed E-state index contributed by atoms with van der Waals surface area (Å²) in [7, 11) is 0. The van der Waals surface area contributed by atoms with E-state index in [1.54, 1.807) is 17.0 Å². The highest BCUT2D eigenvalue weighted by molar-refractivity contribution is 6.30. The number of amides is 2. The van der Waals surface area contributed by atoms with Gasteiger partial charge in [-0.1, -0.05) is 54.1 Å². The van der Waals surface area contributed by atoms with Crippen LogP contribution in [0, 0.1) is 0 Å². The first kappa shape index (κ1) is 22.9. The van der Waals surface area contributed by atoms with E-state index in [9.17, 15) is 9.59 Å². The molecule has 2 aromatic carbocycles. The summed E-state index contributed by atoms with van der Waals surface area (Å²) in [5.74, 6) is -0.306. The molecule has 1 unspecified atom stereocenters. The molecule has 2 amide bonds. The average Bonchev–Trinajstić information content (AvgIpc) is 2.72. The van der Waals surface area contributed by atoms with Crippen molar-refractivity contribution in [2.45, 2.75) is 39.3 Å². The third-order valence-corrected chi connectivity index (χ3v) is 4.84. The van der Waals surface area contributed by atoms with Crippen molar-refractivity contribution in [2.24, 2.45) is 0 Å². The molecule has 0 heterocycles. The zero-order valence-corrected chi connectivity index (χ0v) is 17.8. The van der Waals surface area contributed by atoms with Gasteiger partial charge in [0.15, 0.2) is 0 Å². The molecular weight excluding hydrogens is 388 g/mol. The highest BCUT2D eigenvalue weighted by Crippen LogP contribution is 2.16. The quantitative estimate of drug-likeness (QED) is 0.566. The van der Waals surface area contributed by atoms with Gasteiger partial charge in [-0.25, -0.2) is 0 Å². The summed E-state index contributed by atoms with van der Waals surface area (Å²) in [5, 5.41) is 3.59. The lowest BCUT2D eigenvalue weighted by molar-refractivity contribution is -0.139. The van der Waals surface area contributed by atoms with Crippen LogP contribution in [0.15, 0.2) is 54.6 Å². The molecule has 0 aliphatic carbocycles. The zero-order valence-electron chi connectivity index (χ0n) is 17.1. The fraction of sp³-hybridized carbons (Fsp3) is 0.391. The van der Waals surface area contributed by atoms with Crippen LogP contribution in [-0.4, -0.2) is 42.5 Å². The largest absolute Gasteiger partial charge is 0.382 e. The second kappa shape index (κ2) is 12.2. The molecule has 0 radical (unpaired) electrons. The Bertz CT molecular complexity index is 765. The van der Waals surface area contributed by atoms with Gasteiger partial charge in [0.25, 0.3) is 0 Å². The van der Waals surface area contributed by atoms with Crippen molar-refractivity contribution in [1.29, 1.82) is 0 Å². The van der Waals surface area contributed by atoms with Crippen molar-refractivity contribution in [3.8, 4) is 0 Å². The third-order valence-electron chi connectivity index (χ3n) is 4.59. The van der Waals surface area contributed by atoms with E-state index in [0.29, 0.717) is 37.7 Å². The molecule has 0 spiro atoms. The van der Waals surface area contributed by atoms with Crippen LogP contribution in [0.4, 0.5) is 0 Å². The van der Waals surface area contributed by atoms with Crippen LogP contribution in [0.5, 0.6) is 0 Å². The normalized spacial score (nSPS) is 11.7. The Morgan fingerprint density at radius 3 is 2.38 bits per heavy atom. The van der Waals surface area contributed by atoms with Crippen LogP contribution >= 0.6 is 11.6 Å². The maximum absolute atomic E-state index is 13.0. The number of hydrogen-bond donors (Lipinski definition) is 1. The van der Waals surface area contributed by atoms with Crippen LogP contribution in [0.1, 0.15) is 31.4 Å². The number of carbonyl (C=O) groups is 2. The molecular formula is C23H29ClN2O3. The lowest BCUT2D eigenvalue weighted by atomic mass is 10.0. The Morgan fingerprint density at radius 2 is 1.76 bits per heavy atom. The highest BCUT2D eigenvalue weighted by atomic mass is 35.5. The van der Waals surface area contributed by atoms with E-state index in [4.69, 9.17) is 16.3 Å². The average molecular weight is 417 g/mol. The Kier molecular flexibility index (Phi) is 9.68. The number of hydrogen-bond acceptors (Lipinski definition) is 3. The fourth-order valence-electron chi connectivity index (χ4n) is 3.06. The highest BCUT2D eigenvalue weighted by Gasteiger charge is 2.28. The van der Waals surface area contributed by atoms with Gasteiger partial charge in [-0.3, -0.25) is 9.59 Å². The topological polar surface area (TPSA) is 58.6 Å². The van der Waals surface area contributed by atoms with Crippen LogP contribution in [0.2, 0.25) is 5.02 Å². The standard InChI is InChI=1S/C23H29ClN2O3/c1-3-29-15-7-14-25-23(28)22(16-19-8-5-4-6-9-19)26(18(2)27)17-20-10-12-21(24)13-11-20/h4-6,8-13,22H,3,7,14-17H2,1-2H3,(H,25,28). The van der Waals surface area contributed by atoms with E-state index in [1.807, 2.05) is 49.4 Å². The molecule has 2 rings (SSSR count). The minimum Gasteiger partial charge on any atom is -0.382 e. The second-order valence-corrected chi connectivity index (χ2v) is 7.26. The van der Waals surface area contributed by atoms with Gasteiger partial charge in [-0.2, -0.15) is 0 Å². The van der Waals surface area contributed by atoms with Gasteiger partial charge in [-0.05, 0) is 36.6 Å². The number of rotatable bonds is 11. The van der Waals surface area contributed by atoms with Gasteiger partial charge >= 0.3 is 0 Å². The van der Waals surface area contributed by atoms with Gasteiger partial charge < -0.3 is 15.0 Å². The van der Waals surface area contributed by atoms with Gasteiger partial charge in [-0.15, -0.1) is 0 Å². The van der Waals surface area contributed by atoms with Crippen molar-refractivity contribution < 1.29 is 14.3 Å². The fourth-order valence-corrected chi connectivity index (χ4v) is 3.18. The molecule has 2 aromatic rings. The molecule has 0 saturated carbocycles. The van der Waals surface area contributed by atoms with E-state index >= 15 is 0 Å². The van der Waals surface area contributed by atoms with Crippen LogP contribution < -0.4 is 5.32 Å². The van der Waals surface area contributed by atoms with E-state index in [-0.39, 0.29) is 11.8 Å². The van der Waals surface area contributed by atoms with Gasteiger partial charge in [0.1, 0.15) is 6.04 Å². The maximum Gasteiger partial charge on any atom is 0.243 e. The van der Waals surface area contributed by atoms with Crippen LogP contribution in [-0.2, 0) is 27.3 Å². The molecule has 29 heavy (non-hydrogen) atoms. The van der Waals surface area contributed by atoms with Gasteiger partial charge in [0.05, 0.1) is 0 Å². The van der Waals surface area contributed by atoms with Crippen molar-refractivity contribution in [1.82, 2.24) is 10.2 Å². The monoisotopic (exact) mass is 416 g/mol. The summed E-state index contributed by atoms with van der Waals surface area (Å²) in [6.45, 7) is 5.55. The first-order valence-electron chi connectivity index (χ1n) is 9.92. The van der Waals surface area contributed by atoms with Crippen molar-refractivity contribution in [3.05, 3.63) is 70.7 Å². The van der Waals surface area contributed by atoms with E-state index in [0.717, 1.165) is 17.5 Å². The van der Waals surface area contributed by atoms with Crippen molar-refractivity contribution in [3.63, 3.8) is 0 Å². The van der Waals surface area contributed by atoms with E-state index in [1.165, 1.54) is 6.92 Å². The summed E-state index contributed by atoms with van der Waals surface area (Å²) in [6, 6.07) is 16.5. The smallest absolute Gasteiger partial charge is 0.243 e. The summed E-state index contributed by atoms with van der Waals surface area (Å²) in [6.07, 6.45) is 1.18. The predicted octanol–water partition coefficient (Wildman–Crippen LogP) is 3.84. The molecule has 6 heteroatoms. The lowest BCUT2D eigenvalue weighted by Crippen LogP contribution is -2.50. The summed E-state index contributed by atoms with van der Waals surface area (Å²) in [5.41, 5.74) is 1.93. The number of carbonyl (C=O) groups excluding carboxylic acids is 2. The number of halogens is 1. The number of benzene rings is 2. The molecule has 0 saturated heterocycles. The minimum atomic E-state index is -0.599. The van der Waals surface area contributed by atoms with Crippen LogP contribution in [0.25, 0.3) is 0 Å². The Hall–Kier alpha value is -2.37. The van der Waals surface area contributed by atoms with Crippen molar-refractivity contribution >= 4 is 23.4 Å². The SMILES string of the molecule is CCOCCCNC(=O)C(Cc1ccccc1)N(Cc1ccc(Cl)cc1)C(C)=O. The number of ether oxygens (including phenoxy) is 1. The molecule has 1 N–H and O–H groups in total. The Balaban J connectivity index is 2.16. The first-order chi connectivity index (χ1) is 14.0. The van der Waals surface area contributed by atoms with Crippen molar-refractivity contribution in [2.75, 3.05) is 19.8 Å². The maximum atomic E-state index is 13.0. The molecule has 0 aromatic heterocycles. The lowest BCUT2D eigenvalue weighted by Gasteiger charge is -2.30. The molecule has 156 valence electrons.